The molecule has 2 aromatic heterocycles. The van der Waals surface area contributed by atoms with Crippen LogP contribution in [0.25, 0.3) is 10.9 Å². The smallest absolute Gasteiger partial charge is 0.323 e. The van der Waals surface area contributed by atoms with Gasteiger partial charge in [0.1, 0.15) is 6.54 Å². The van der Waals surface area contributed by atoms with Crippen LogP contribution in [-0.2, 0) is 35.5 Å². The first kappa shape index (κ1) is 21.5. The lowest BCUT2D eigenvalue weighted by molar-refractivity contribution is -0.137. The number of rotatable bonds is 6. The molecule has 0 bridgehead atoms. The van der Waals surface area contributed by atoms with Gasteiger partial charge in [-0.3, -0.25) is 9.59 Å². The first-order valence-corrected chi connectivity index (χ1v) is 12.1. The molecule has 1 unspecified atom stereocenters. The molecule has 0 aliphatic heterocycles. The molecule has 2 aromatic carbocycles. The van der Waals surface area contributed by atoms with E-state index in [4.69, 9.17) is 0 Å². The molecule has 0 radical (unpaired) electrons. The topological polar surface area (TPSA) is 62.5 Å². The zero-order chi connectivity index (χ0) is 23.0. The minimum absolute atomic E-state index is 0.0607. The highest BCUT2D eigenvalue weighted by molar-refractivity contribution is 7.07. The maximum absolute atomic E-state index is 14.1. The summed E-state index contributed by atoms with van der Waals surface area (Å²) in [5, 5.41) is 14.7. The van der Waals surface area contributed by atoms with Crippen molar-refractivity contribution in [1.82, 2.24) is 4.57 Å². The van der Waals surface area contributed by atoms with Gasteiger partial charge in [-0.2, -0.15) is 11.3 Å². The maximum Gasteiger partial charge on any atom is 0.323 e. The normalized spacial score (nSPS) is 17.6. The van der Waals surface area contributed by atoms with Crippen LogP contribution in [0.3, 0.4) is 0 Å². The number of benzene rings is 2. The molecule has 0 fully saturated rings. The number of carboxylic acid groups (broad SMARTS) is 1. The summed E-state index contributed by atoms with van der Waals surface area (Å²) in [4.78, 5) is 27.6. The van der Waals surface area contributed by atoms with Crippen LogP contribution >= 0.6 is 11.3 Å². The molecule has 5 rings (SSSR count). The molecule has 168 valence electrons. The molecule has 4 aromatic rings. The quantitative estimate of drug-likeness (QED) is 0.414. The van der Waals surface area contributed by atoms with Gasteiger partial charge in [-0.1, -0.05) is 43.3 Å². The van der Waals surface area contributed by atoms with Gasteiger partial charge >= 0.3 is 5.97 Å². The second-order valence-corrected chi connectivity index (χ2v) is 9.80. The highest BCUT2D eigenvalue weighted by Gasteiger charge is 2.42. The molecule has 0 saturated heterocycles. The first-order valence-electron chi connectivity index (χ1n) is 11.2. The summed E-state index contributed by atoms with van der Waals surface area (Å²) in [5.41, 5.74) is 4.53. The summed E-state index contributed by atoms with van der Waals surface area (Å²) >= 11 is 1.63. The van der Waals surface area contributed by atoms with Gasteiger partial charge in [-0.05, 0) is 65.4 Å². The summed E-state index contributed by atoms with van der Waals surface area (Å²) in [7, 11) is 0. The van der Waals surface area contributed by atoms with E-state index in [0.29, 0.717) is 25.8 Å². The highest BCUT2D eigenvalue weighted by Crippen LogP contribution is 2.42. The van der Waals surface area contributed by atoms with Crippen LogP contribution in [0.4, 0.5) is 5.69 Å². The number of thiophene rings is 1. The predicted octanol–water partition coefficient (Wildman–Crippen LogP) is 5.52. The van der Waals surface area contributed by atoms with Crippen LogP contribution in [0.2, 0.25) is 0 Å². The fraction of sp³-hybridized carbons (Fsp3) is 0.259. The van der Waals surface area contributed by atoms with Crippen molar-refractivity contribution in [2.24, 2.45) is 5.41 Å². The number of anilines is 1. The molecular formula is C27H26N2O3S. The SMILES string of the molecule is CC1(C(=O)N(Cc2ccsc2)c2ccccc2)CCc2c(c3ccccc3n2CC(=O)O)C1. The zero-order valence-electron chi connectivity index (χ0n) is 18.5. The number of nitrogens with zero attached hydrogens (tertiary/aromatic N) is 2. The van der Waals surface area contributed by atoms with Crippen LogP contribution in [-0.4, -0.2) is 21.6 Å². The Bertz CT molecular complexity index is 1310. The number of carbonyl (C=O) groups excluding carboxylic acids is 1. The molecule has 0 saturated carbocycles. The number of carboxylic acids is 1. The number of fused-ring (bicyclic) bond motifs is 3. The van der Waals surface area contributed by atoms with Crippen LogP contribution in [0, 0.1) is 5.41 Å². The Kier molecular flexibility index (Phi) is 5.54. The van der Waals surface area contributed by atoms with E-state index in [-0.39, 0.29) is 12.5 Å². The Morgan fingerprint density at radius 3 is 2.58 bits per heavy atom. The van der Waals surface area contributed by atoms with Gasteiger partial charge in [0.15, 0.2) is 0 Å². The molecule has 33 heavy (non-hydrogen) atoms. The van der Waals surface area contributed by atoms with Crippen molar-refractivity contribution in [2.45, 2.75) is 39.3 Å². The fourth-order valence-electron chi connectivity index (χ4n) is 5.06. The van der Waals surface area contributed by atoms with Crippen molar-refractivity contribution in [3.05, 3.63) is 88.2 Å². The van der Waals surface area contributed by atoms with E-state index in [2.05, 4.69) is 18.4 Å². The number of carbonyl (C=O) groups is 2. The summed E-state index contributed by atoms with van der Waals surface area (Å²) in [6.45, 7) is 2.54. The van der Waals surface area contributed by atoms with Crippen molar-refractivity contribution in [3.63, 3.8) is 0 Å². The van der Waals surface area contributed by atoms with Crippen LogP contribution < -0.4 is 4.90 Å². The first-order chi connectivity index (χ1) is 16.0. The molecule has 1 atom stereocenters. The predicted molar refractivity (Wildman–Crippen MR) is 132 cm³/mol. The monoisotopic (exact) mass is 458 g/mol. The average molecular weight is 459 g/mol. The number of amides is 1. The molecule has 5 nitrogen and oxygen atoms in total. The Morgan fingerprint density at radius 1 is 1.09 bits per heavy atom. The number of hydrogen-bond acceptors (Lipinski definition) is 3. The van der Waals surface area contributed by atoms with Crippen molar-refractivity contribution >= 4 is 39.8 Å². The molecule has 1 aliphatic carbocycles. The standard InChI is InChI=1S/C27H26N2O3S/c1-27(26(32)28(16-19-12-14-33-18-19)20-7-3-2-4-8-20)13-11-24-22(15-27)21-9-5-6-10-23(21)29(24)17-25(30)31/h2-10,12,14,18H,11,13,15-17H2,1H3,(H,30,31). The number of aliphatic carboxylic acids is 1. The highest BCUT2D eigenvalue weighted by atomic mass is 32.1. The summed E-state index contributed by atoms with van der Waals surface area (Å²) < 4.78 is 1.91. The third kappa shape index (κ3) is 3.95. The molecule has 0 spiro atoms. The number of aromatic nitrogens is 1. The van der Waals surface area contributed by atoms with Crippen molar-refractivity contribution in [2.75, 3.05) is 4.90 Å². The largest absolute Gasteiger partial charge is 0.480 e. The number of para-hydroxylation sites is 2. The molecular weight excluding hydrogens is 432 g/mol. The van der Waals surface area contributed by atoms with E-state index in [1.807, 2.05) is 69.4 Å². The van der Waals surface area contributed by atoms with E-state index in [1.165, 1.54) is 0 Å². The molecule has 1 amide bonds. The Balaban J connectivity index is 1.54. The minimum Gasteiger partial charge on any atom is -0.480 e. The molecule has 6 heteroatoms. The maximum atomic E-state index is 14.1. The molecule has 1 aliphatic rings. The van der Waals surface area contributed by atoms with Crippen LogP contribution in [0.5, 0.6) is 0 Å². The lowest BCUT2D eigenvalue weighted by atomic mass is 9.73. The minimum atomic E-state index is -0.853. The third-order valence-corrected chi connectivity index (χ3v) is 7.45. The van der Waals surface area contributed by atoms with E-state index >= 15 is 0 Å². The van der Waals surface area contributed by atoms with Gasteiger partial charge in [0.05, 0.1) is 12.0 Å². The van der Waals surface area contributed by atoms with Crippen LogP contribution in [0.15, 0.2) is 71.4 Å². The summed E-state index contributed by atoms with van der Waals surface area (Å²) in [6, 6.07) is 19.9. The zero-order valence-corrected chi connectivity index (χ0v) is 19.3. The lowest BCUT2D eigenvalue weighted by Gasteiger charge is -2.37. The van der Waals surface area contributed by atoms with Crippen molar-refractivity contribution in [3.8, 4) is 0 Å². The second kappa shape index (κ2) is 8.52. The van der Waals surface area contributed by atoms with Gasteiger partial charge in [-0.25, -0.2) is 0 Å². The fourth-order valence-corrected chi connectivity index (χ4v) is 5.72. The Morgan fingerprint density at radius 2 is 1.85 bits per heavy atom. The van der Waals surface area contributed by atoms with E-state index < -0.39 is 11.4 Å². The van der Waals surface area contributed by atoms with E-state index in [1.54, 1.807) is 11.3 Å². The van der Waals surface area contributed by atoms with Gasteiger partial charge in [-0.15, -0.1) is 0 Å². The Labute approximate surface area is 196 Å². The van der Waals surface area contributed by atoms with Crippen LogP contribution in [0.1, 0.15) is 30.2 Å². The summed E-state index contributed by atoms with van der Waals surface area (Å²) in [5.74, 6) is -0.741. The third-order valence-electron chi connectivity index (χ3n) is 6.72. The molecule has 2 heterocycles. The van der Waals surface area contributed by atoms with Gasteiger partial charge < -0.3 is 14.6 Å². The van der Waals surface area contributed by atoms with Crippen molar-refractivity contribution < 1.29 is 14.7 Å². The van der Waals surface area contributed by atoms with Gasteiger partial charge in [0.2, 0.25) is 5.91 Å². The van der Waals surface area contributed by atoms with Gasteiger partial charge in [0.25, 0.3) is 0 Å². The lowest BCUT2D eigenvalue weighted by Crippen LogP contribution is -2.45. The van der Waals surface area contributed by atoms with Gasteiger partial charge in [0, 0.05) is 22.3 Å². The Hall–Kier alpha value is -3.38. The average Bonchev–Trinajstić information content (AvgIpc) is 3.44. The second-order valence-electron chi connectivity index (χ2n) is 9.02. The molecule has 1 N–H and O–H groups in total. The van der Waals surface area contributed by atoms with Crippen molar-refractivity contribution in [1.29, 1.82) is 0 Å². The summed E-state index contributed by atoms with van der Waals surface area (Å²) in [6.07, 6.45) is 1.96. The van der Waals surface area contributed by atoms with E-state index in [9.17, 15) is 14.7 Å². The van der Waals surface area contributed by atoms with E-state index in [0.717, 1.165) is 33.4 Å². The number of hydrogen-bond donors (Lipinski definition) is 1.